The molecule has 0 saturated carbocycles. The summed E-state index contributed by atoms with van der Waals surface area (Å²) in [6.45, 7) is 2.36. The van der Waals surface area contributed by atoms with Gasteiger partial charge in [0, 0.05) is 12.1 Å². The standard InChI is InChI=1S/C14H18FNO4/c1-9-8-20-11(7-17)6-16(9)14(18)10-3-4-13(19-2)12(15)5-10/h3-5,9,11,17H,6-8H2,1-2H3. The monoisotopic (exact) mass is 283 g/mol. The molecule has 1 heterocycles. The summed E-state index contributed by atoms with van der Waals surface area (Å²) in [5.41, 5.74) is 0.258. The van der Waals surface area contributed by atoms with Gasteiger partial charge >= 0.3 is 0 Å². The zero-order valence-corrected chi connectivity index (χ0v) is 11.5. The summed E-state index contributed by atoms with van der Waals surface area (Å²) < 4.78 is 23.9. The Kier molecular flexibility index (Phi) is 4.57. The largest absolute Gasteiger partial charge is 0.494 e. The highest BCUT2D eigenvalue weighted by Gasteiger charge is 2.30. The van der Waals surface area contributed by atoms with Crippen molar-refractivity contribution >= 4 is 5.91 Å². The van der Waals surface area contributed by atoms with Gasteiger partial charge in [-0.15, -0.1) is 0 Å². The Morgan fingerprint density at radius 1 is 1.60 bits per heavy atom. The van der Waals surface area contributed by atoms with Crippen molar-refractivity contribution in [3.05, 3.63) is 29.6 Å². The molecule has 2 atom stereocenters. The SMILES string of the molecule is COc1ccc(C(=O)N2CC(CO)OCC2C)cc1F. The number of carbonyl (C=O) groups is 1. The lowest BCUT2D eigenvalue weighted by Crippen LogP contribution is -2.52. The summed E-state index contributed by atoms with van der Waals surface area (Å²) in [6, 6.07) is 4.00. The minimum Gasteiger partial charge on any atom is -0.494 e. The van der Waals surface area contributed by atoms with Gasteiger partial charge in [-0.2, -0.15) is 0 Å². The van der Waals surface area contributed by atoms with Gasteiger partial charge in [0.1, 0.15) is 0 Å². The number of hydrogen-bond acceptors (Lipinski definition) is 4. The Hall–Kier alpha value is -1.66. The highest BCUT2D eigenvalue weighted by atomic mass is 19.1. The van der Waals surface area contributed by atoms with E-state index in [0.717, 1.165) is 6.07 Å². The molecule has 1 saturated heterocycles. The first-order chi connectivity index (χ1) is 9.56. The third kappa shape index (κ3) is 2.91. The fourth-order valence-corrected chi connectivity index (χ4v) is 2.18. The van der Waals surface area contributed by atoms with Crippen LogP contribution in [0.2, 0.25) is 0 Å². The van der Waals surface area contributed by atoms with E-state index in [4.69, 9.17) is 14.6 Å². The zero-order valence-electron chi connectivity index (χ0n) is 11.5. The molecule has 6 heteroatoms. The molecule has 1 aromatic carbocycles. The van der Waals surface area contributed by atoms with Crippen molar-refractivity contribution in [2.24, 2.45) is 0 Å². The van der Waals surface area contributed by atoms with E-state index in [9.17, 15) is 9.18 Å². The van der Waals surface area contributed by atoms with Gasteiger partial charge in [-0.3, -0.25) is 4.79 Å². The molecule has 1 aliphatic rings. The van der Waals surface area contributed by atoms with Crippen LogP contribution in [0.4, 0.5) is 4.39 Å². The lowest BCUT2D eigenvalue weighted by Gasteiger charge is -2.37. The molecule has 5 nitrogen and oxygen atoms in total. The second kappa shape index (κ2) is 6.19. The molecule has 20 heavy (non-hydrogen) atoms. The molecule has 0 radical (unpaired) electrons. The van der Waals surface area contributed by atoms with E-state index >= 15 is 0 Å². The highest BCUT2D eigenvalue weighted by Crippen LogP contribution is 2.21. The topological polar surface area (TPSA) is 59.0 Å². The number of hydrogen-bond donors (Lipinski definition) is 1. The number of carbonyl (C=O) groups excluding carboxylic acids is 1. The lowest BCUT2D eigenvalue weighted by atomic mass is 10.1. The Labute approximate surface area is 116 Å². The van der Waals surface area contributed by atoms with Crippen molar-refractivity contribution in [1.29, 1.82) is 0 Å². The quantitative estimate of drug-likeness (QED) is 0.901. The maximum absolute atomic E-state index is 13.7. The molecule has 1 N–H and O–H groups in total. The van der Waals surface area contributed by atoms with Gasteiger partial charge in [0.25, 0.3) is 5.91 Å². The van der Waals surface area contributed by atoms with E-state index in [0.29, 0.717) is 13.2 Å². The normalized spacial score (nSPS) is 22.7. The fraction of sp³-hybridized carbons (Fsp3) is 0.500. The number of ether oxygens (including phenoxy) is 2. The summed E-state index contributed by atoms with van der Waals surface area (Å²) in [7, 11) is 1.37. The van der Waals surface area contributed by atoms with Gasteiger partial charge in [-0.1, -0.05) is 0 Å². The first kappa shape index (κ1) is 14.7. The summed E-state index contributed by atoms with van der Waals surface area (Å²) in [5, 5.41) is 9.12. The third-order valence-electron chi connectivity index (χ3n) is 3.37. The summed E-state index contributed by atoms with van der Waals surface area (Å²) >= 11 is 0. The zero-order chi connectivity index (χ0) is 14.7. The Bertz CT molecular complexity index is 494. The summed E-state index contributed by atoms with van der Waals surface area (Å²) in [5.74, 6) is -0.747. The van der Waals surface area contributed by atoms with Crippen molar-refractivity contribution in [1.82, 2.24) is 4.90 Å². The lowest BCUT2D eigenvalue weighted by molar-refractivity contribution is -0.0667. The molecular formula is C14H18FNO4. The van der Waals surface area contributed by atoms with Gasteiger partial charge < -0.3 is 19.5 Å². The first-order valence-corrected chi connectivity index (χ1v) is 6.43. The number of morpholine rings is 1. The number of benzene rings is 1. The molecule has 0 spiro atoms. The molecule has 2 rings (SSSR count). The van der Waals surface area contributed by atoms with E-state index in [-0.39, 0.29) is 29.9 Å². The number of nitrogens with zero attached hydrogens (tertiary/aromatic N) is 1. The molecule has 110 valence electrons. The van der Waals surface area contributed by atoms with Crippen LogP contribution in [0.25, 0.3) is 0 Å². The smallest absolute Gasteiger partial charge is 0.254 e. The summed E-state index contributed by atoms with van der Waals surface area (Å²) in [4.78, 5) is 14.0. The fourth-order valence-electron chi connectivity index (χ4n) is 2.18. The number of aliphatic hydroxyl groups excluding tert-OH is 1. The van der Waals surface area contributed by atoms with Crippen LogP contribution in [0, 0.1) is 5.82 Å². The summed E-state index contributed by atoms with van der Waals surface area (Å²) in [6.07, 6.45) is -0.391. The minimum atomic E-state index is -0.571. The predicted molar refractivity (Wildman–Crippen MR) is 70.3 cm³/mol. The number of methoxy groups -OCH3 is 1. The number of rotatable bonds is 3. The van der Waals surface area contributed by atoms with Crippen LogP contribution in [0.5, 0.6) is 5.75 Å². The van der Waals surface area contributed by atoms with Crippen molar-refractivity contribution in [2.75, 3.05) is 26.9 Å². The van der Waals surface area contributed by atoms with Crippen molar-refractivity contribution in [3.8, 4) is 5.75 Å². The Balaban J connectivity index is 2.19. The van der Waals surface area contributed by atoms with E-state index < -0.39 is 11.9 Å². The minimum absolute atomic E-state index is 0.102. The van der Waals surface area contributed by atoms with Crippen LogP contribution in [0.1, 0.15) is 17.3 Å². The molecule has 0 bridgehead atoms. The average Bonchev–Trinajstić information content (AvgIpc) is 2.47. The van der Waals surface area contributed by atoms with E-state index in [1.807, 2.05) is 6.92 Å². The Morgan fingerprint density at radius 3 is 2.95 bits per heavy atom. The molecule has 1 amide bonds. The molecule has 1 fully saturated rings. The second-order valence-corrected chi connectivity index (χ2v) is 4.79. The van der Waals surface area contributed by atoms with Gasteiger partial charge in [0.05, 0.1) is 32.5 Å². The predicted octanol–water partition coefficient (Wildman–Crippen LogP) is 1.06. The number of halogens is 1. The van der Waals surface area contributed by atoms with Crippen LogP contribution in [-0.2, 0) is 4.74 Å². The van der Waals surface area contributed by atoms with Crippen LogP contribution < -0.4 is 4.74 Å². The number of aliphatic hydroxyl groups is 1. The number of amides is 1. The van der Waals surface area contributed by atoms with Crippen LogP contribution in [-0.4, -0.2) is 54.9 Å². The van der Waals surface area contributed by atoms with Crippen LogP contribution >= 0.6 is 0 Å². The highest BCUT2D eigenvalue weighted by molar-refractivity contribution is 5.94. The first-order valence-electron chi connectivity index (χ1n) is 6.43. The Morgan fingerprint density at radius 2 is 2.35 bits per heavy atom. The van der Waals surface area contributed by atoms with Gasteiger partial charge in [-0.25, -0.2) is 4.39 Å². The molecular weight excluding hydrogens is 265 g/mol. The van der Waals surface area contributed by atoms with Gasteiger partial charge in [-0.05, 0) is 25.1 Å². The van der Waals surface area contributed by atoms with Crippen molar-refractivity contribution in [2.45, 2.75) is 19.1 Å². The molecule has 1 aromatic rings. The molecule has 1 aliphatic heterocycles. The van der Waals surface area contributed by atoms with Gasteiger partial charge in [0.15, 0.2) is 11.6 Å². The molecule has 0 aromatic heterocycles. The van der Waals surface area contributed by atoms with Crippen LogP contribution in [0.15, 0.2) is 18.2 Å². The van der Waals surface area contributed by atoms with Crippen molar-refractivity contribution < 1.29 is 23.8 Å². The molecule has 0 aliphatic carbocycles. The molecule has 2 unspecified atom stereocenters. The average molecular weight is 283 g/mol. The third-order valence-corrected chi connectivity index (χ3v) is 3.37. The maximum atomic E-state index is 13.7. The van der Waals surface area contributed by atoms with E-state index in [1.165, 1.54) is 19.2 Å². The van der Waals surface area contributed by atoms with Crippen LogP contribution in [0.3, 0.4) is 0 Å². The van der Waals surface area contributed by atoms with Gasteiger partial charge in [0.2, 0.25) is 0 Å². The van der Waals surface area contributed by atoms with E-state index in [1.54, 1.807) is 4.90 Å². The van der Waals surface area contributed by atoms with Crippen molar-refractivity contribution in [3.63, 3.8) is 0 Å². The maximum Gasteiger partial charge on any atom is 0.254 e. The second-order valence-electron chi connectivity index (χ2n) is 4.79. The van der Waals surface area contributed by atoms with E-state index in [2.05, 4.69) is 0 Å².